The molecule has 3 aliphatic rings. The summed E-state index contributed by atoms with van der Waals surface area (Å²) < 4.78 is 0. The molecule has 12 rings (SSSR count). The van der Waals surface area contributed by atoms with E-state index in [0.717, 1.165) is 77.5 Å². The van der Waals surface area contributed by atoms with E-state index in [0.29, 0.717) is 0 Å². The van der Waals surface area contributed by atoms with Gasteiger partial charge in [-0.05, 0) is 271 Å². The van der Waals surface area contributed by atoms with E-state index in [4.69, 9.17) is 0 Å². The van der Waals surface area contributed by atoms with Crippen LogP contribution < -0.4 is 14.7 Å². The van der Waals surface area contributed by atoms with Crippen molar-refractivity contribution in [2.24, 2.45) is 0 Å². The van der Waals surface area contributed by atoms with E-state index in [2.05, 4.69) is 361 Å². The summed E-state index contributed by atoms with van der Waals surface area (Å²) in [4.78, 5) is 7.85. The second-order valence-electron chi connectivity index (χ2n) is 34.3. The molecule has 9 aromatic carbocycles. The third-order valence-electron chi connectivity index (χ3n) is 22.0. The van der Waals surface area contributed by atoms with Gasteiger partial charge in [0.2, 0.25) is 0 Å². The predicted octanol–water partition coefficient (Wildman–Crippen LogP) is 27.2. The van der Waals surface area contributed by atoms with Crippen LogP contribution in [0.1, 0.15) is 217 Å². The van der Waals surface area contributed by atoms with Gasteiger partial charge in [-0.3, -0.25) is 0 Å². The Morgan fingerprint density at radius 1 is 0.385 bits per heavy atom. The molecule has 0 heterocycles. The Bertz CT molecular complexity index is 4480. The van der Waals surface area contributed by atoms with Gasteiger partial charge >= 0.3 is 0 Å². The summed E-state index contributed by atoms with van der Waals surface area (Å²) in [5, 5.41) is 0. The quantitative estimate of drug-likeness (QED) is 0.114. The molecule has 0 fully saturated rings. The van der Waals surface area contributed by atoms with Crippen molar-refractivity contribution in [3.05, 3.63) is 273 Å². The number of anilines is 9. The molecule has 3 aliphatic carbocycles. The van der Waals surface area contributed by atoms with Crippen molar-refractivity contribution in [3.8, 4) is 22.3 Å². The molecule has 0 aliphatic heterocycles. The zero-order valence-electron chi connectivity index (χ0n) is 62.1. The molecule has 0 saturated carbocycles. The average Bonchev–Trinajstić information content (AvgIpc) is 1.21. The van der Waals surface area contributed by atoms with Crippen molar-refractivity contribution in [2.75, 3.05) is 14.7 Å². The summed E-state index contributed by atoms with van der Waals surface area (Å²) in [7, 11) is 0. The maximum atomic E-state index is 4.33. The van der Waals surface area contributed by atoms with Gasteiger partial charge < -0.3 is 14.7 Å². The smallest absolute Gasteiger partial charge is 0.0540 e. The van der Waals surface area contributed by atoms with Gasteiger partial charge in [0.1, 0.15) is 0 Å². The summed E-state index contributed by atoms with van der Waals surface area (Å²) in [6, 6.07) is 69.0. The van der Waals surface area contributed by atoms with Crippen LogP contribution in [0.15, 0.2) is 206 Å². The standard InChI is InChI=1S/C93H107N3/c1-23-64-31-27-28-34-74(64)86-60(2)30-29-35-75(86)66-36-48-81(61(3)52-66)96(82-49-41-69(89(12,13)14)54-76(82)65-32-25-24-26-33-65)85-57-73(94(70-42-37-67(38-43-70)87(6,7)8)71-44-39-68(40-45-71)88(9,10)11)56-84(63(85)5)95(72-46-47-77-79(55-72)91(17,18)51-50-90(77,15)16)83-58-80-78(53-62(83)4)92(19,20)59-93(80,21)22/h23-26,28-30,32-49,52-58H,1,27,31,50-51,59H2,2-22H3. The fourth-order valence-corrected chi connectivity index (χ4v) is 16.3. The Balaban J connectivity index is 1.24. The second kappa shape index (κ2) is 24.6. The number of nitrogens with zero attached hydrogens (tertiary/aromatic N) is 3. The summed E-state index contributed by atoms with van der Waals surface area (Å²) in [5.41, 5.74) is 33.0. The minimum absolute atomic E-state index is 0.0233. The zero-order valence-corrected chi connectivity index (χ0v) is 62.1. The highest BCUT2D eigenvalue weighted by molar-refractivity contribution is 5.97. The normalized spacial score (nSPS) is 16.3. The van der Waals surface area contributed by atoms with E-state index in [-0.39, 0.29) is 37.9 Å². The first-order chi connectivity index (χ1) is 45.1. The molecule has 0 amide bonds. The van der Waals surface area contributed by atoms with Gasteiger partial charge in [0.25, 0.3) is 0 Å². The number of hydrogen-bond acceptors (Lipinski definition) is 3. The van der Waals surface area contributed by atoms with Crippen molar-refractivity contribution in [3.63, 3.8) is 0 Å². The first-order valence-corrected chi connectivity index (χ1v) is 35.6. The molecule has 0 aromatic heterocycles. The number of rotatable bonds is 13. The molecule has 9 aromatic rings. The molecule has 0 saturated heterocycles. The maximum absolute atomic E-state index is 4.33. The highest BCUT2D eigenvalue weighted by atomic mass is 15.2. The third-order valence-corrected chi connectivity index (χ3v) is 22.0. The van der Waals surface area contributed by atoms with E-state index in [9.17, 15) is 0 Å². The summed E-state index contributed by atoms with van der Waals surface area (Å²) in [6.45, 7) is 54.3. The summed E-state index contributed by atoms with van der Waals surface area (Å²) >= 11 is 0. The van der Waals surface area contributed by atoms with Crippen LogP contribution in [0, 0.1) is 27.7 Å². The van der Waals surface area contributed by atoms with Gasteiger partial charge in [-0.15, -0.1) is 0 Å². The topological polar surface area (TPSA) is 9.72 Å². The van der Waals surface area contributed by atoms with E-state index < -0.39 is 0 Å². The van der Waals surface area contributed by atoms with Crippen molar-refractivity contribution >= 4 is 56.8 Å². The third kappa shape index (κ3) is 12.6. The molecule has 0 unspecified atom stereocenters. The van der Waals surface area contributed by atoms with Crippen LogP contribution in [0.25, 0.3) is 27.8 Å². The molecular weight excluding hydrogens is 1160 g/mol. The largest absolute Gasteiger partial charge is 0.310 e. The Morgan fingerprint density at radius 2 is 0.917 bits per heavy atom. The molecule has 494 valence electrons. The fraction of sp³-hybridized carbons (Fsp3) is 0.355. The first-order valence-electron chi connectivity index (χ1n) is 35.6. The van der Waals surface area contributed by atoms with Crippen LogP contribution in [0.4, 0.5) is 51.2 Å². The number of benzene rings is 9. The molecule has 0 N–H and O–H groups in total. The van der Waals surface area contributed by atoms with Gasteiger partial charge in [-0.1, -0.05) is 240 Å². The highest BCUT2D eigenvalue weighted by Gasteiger charge is 2.44. The van der Waals surface area contributed by atoms with Crippen LogP contribution in [0.3, 0.4) is 0 Å². The van der Waals surface area contributed by atoms with Crippen LogP contribution in [-0.2, 0) is 37.9 Å². The Morgan fingerprint density at radius 3 is 1.50 bits per heavy atom. The number of hydrogen-bond donors (Lipinski definition) is 0. The van der Waals surface area contributed by atoms with E-state index in [1.54, 1.807) is 0 Å². The van der Waals surface area contributed by atoms with Crippen LogP contribution in [-0.4, -0.2) is 0 Å². The van der Waals surface area contributed by atoms with Crippen LogP contribution in [0.2, 0.25) is 0 Å². The fourth-order valence-electron chi connectivity index (χ4n) is 16.3. The minimum atomic E-state index is -0.115. The van der Waals surface area contributed by atoms with Gasteiger partial charge in [-0.25, -0.2) is 0 Å². The lowest BCUT2D eigenvalue weighted by Crippen LogP contribution is -2.34. The molecule has 0 radical (unpaired) electrons. The lowest BCUT2D eigenvalue weighted by molar-refractivity contribution is 0.332. The number of aryl methyl sites for hydroxylation is 3. The van der Waals surface area contributed by atoms with E-state index in [1.807, 2.05) is 0 Å². The number of allylic oxidation sites excluding steroid dienone is 5. The Kier molecular flexibility index (Phi) is 17.3. The lowest BCUT2D eigenvalue weighted by atomic mass is 9.63. The molecule has 0 atom stereocenters. The predicted molar refractivity (Wildman–Crippen MR) is 418 cm³/mol. The maximum Gasteiger partial charge on any atom is 0.0540 e. The van der Waals surface area contributed by atoms with Crippen LogP contribution >= 0.6 is 0 Å². The Hall–Kier alpha value is -8.40. The lowest BCUT2D eigenvalue weighted by Gasteiger charge is -2.43. The monoisotopic (exact) mass is 1270 g/mol. The molecular formula is C93H107N3. The van der Waals surface area contributed by atoms with Crippen molar-refractivity contribution in [2.45, 2.75) is 215 Å². The van der Waals surface area contributed by atoms with Gasteiger partial charge in [0.05, 0.1) is 22.7 Å². The molecule has 0 spiro atoms. The molecule has 96 heavy (non-hydrogen) atoms. The zero-order chi connectivity index (χ0) is 69.0. The van der Waals surface area contributed by atoms with Gasteiger partial charge in [0.15, 0.2) is 0 Å². The van der Waals surface area contributed by atoms with Gasteiger partial charge in [-0.2, -0.15) is 0 Å². The van der Waals surface area contributed by atoms with E-state index >= 15 is 0 Å². The minimum Gasteiger partial charge on any atom is -0.310 e. The Labute approximate surface area is 578 Å². The van der Waals surface area contributed by atoms with Crippen molar-refractivity contribution < 1.29 is 0 Å². The van der Waals surface area contributed by atoms with E-state index in [1.165, 1.54) is 106 Å². The van der Waals surface area contributed by atoms with Crippen molar-refractivity contribution in [1.29, 1.82) is 0 Å². The summed E-state index contributed by atoms with van der Waals surface area (Å²) in [5.74, 6) is 0. The molecule has 0 bridgehead atoms. The first kappa shape index (κ1) is 67.6. The molecule has 3 heteroatoms. The second-order valence-corrected chi connectivity index (χ2v) is 34.3. The van der Waals surface area contributed by atoms with Crippen LogP contribution in [0.5, 0.6) is 0 Å². The average molecular weight is 1270 g/mol. The van der Waals surface area contributed by atoms with Gasteiger partial charge in [0, 0.05) is 34.0 Å². The van der Waals surface area contributed by atoms with Crippen molar-refractivity contribution in [1.82, 2.24) is 0 Å². The number of fused-ring (bicyclic) bond motifs is 2. The SMILES string of the molecule is C=CC1=C(c2c(C)cccc2-c2ccc(N(c3ccc(C(C)(C)C)cc3-c3ccccc3)c3cc(N(c4ccc(C(C)(C)C)cc4)c4ccc(C(C)(C)C)cc4)cc(N(c4ccc5c(c4)C(C)(C)CCC5(C)C)c4cc5c(cc4C)C(C)(C)CC5(C)C)c3C)c(C)c2)C=CCC1. The molecule has 3 nitrogen and oxygen atoms in total. The summed E-state index contributed by atoms with van der Waals surface area (Å²) in [6.07, 6.45) is 12.1. The highest BCUT2D eigenvalue weighted by Crippen LogP contribution is 2.57.